The molecule has 0 saturated carbocycles. The van der Waals surface area contributed by atoms with Gasteiger partial charge in [-0.25, -0.2) is 8.42 Å². The van der Waals surface area contributed by atoms with Crippen LogP contribution >= 0.6 is 11.6 Å². The van der Waals surface area contributed by atoms with Crippen LogP contribution in [0, 0.1) is 13.8 Å². The van der Waals surface area contributed by atoms with E-state index in [-0.39, 0.29) is 18.5 Å². The first kappa shape index (κ1) is 27.7. The predicted molar refractivity (Wildman–Crippen MR) is 137 cm³/mol. The zero-order valence-electron chi connectivity index (χ0n) is 20.6. The number of rotatable bonds is 10. The van der Waals surface area contributed by atoms with E-state index in [1.54, 1.807) is 26.0 Å². The van der Waals surface area contributed by atoms with Crippen molar-refractivity contribution in [1.82, 2.24) is 10.2 Å². The molecule has 1 N–H and O–H groups in total. The average Bonchev–Trinajstić information content (AvgIpc) is 2.77. The van der Waals surface area contributed by atoms with Crippen molar-refractivity contribution in [3.63, 3.8) is 0 Å². The normalized spacial score (nSPS) is 13.1. The molecule has 2 aromatic carbocycles. The Morgan fingerprint density at radius 1 is 1.06 bits per heavy atom. The van der Waals surface area contributed by atoms with Gasteiger partial charge in [-0.05, 0) is 57.4 Å². The summed E-state index contributed by atoms with van der Waals surface area (Å²) < 4.78 is 26.4. The lowest BCUT2D eigenvalue weighted by atomic mass is 10.1. The molecule has 0 aliphatic carbocycles. The van der Waals surface area contributed by atoms with Gasteiger partial charge < -0.3 is 10.2 Å². The molecule has 186 valence electrons. The maximum Gasteiger partial charge on any atom is 0.244 e. The molecule has 34 heavy (non-hydrogen) atoms. The van der Waals surface area contributed by atoms with Crippen molar-refractivity contribution in [2.24, 2.45) is 0 Å². The smallest absolute Gasteiger partial charge is 0.244 e. The van der Waals surface area contributed by atoms with E-state index < -0.39 is 28.5 Å². The number of anilines is 1. The minimum Gasteiger partial charge on any atom is -0.352 e. The van der Waals surface area contributed by atoms with Gasteiger partial charge in [0.05, 0.1) is 11.9 Å². The summed E-state index contributed by atoms with van der Waals surface area (Å²) in [5, 5.41) is 3.27. The average molecular weight is 508 g/mol. The van der Waals surface area contributed by atoms with Crippen LogP contribution in [0.25, 0.3) is 0 Å². The van der Waals surface area contributed by atoms with Crippen molar-refractivity contribution in [2.45, 2.75) is 59.7 Å². The zero-order valence-corrected chi connectivity index (χ0v) is 22.2. The number of aryl methyl sites for hydroxylation is 2. The van der Waals surface area contributed by atoms with E-state index in [4.69, 9.17) is 11.6 Å². The first-order chi connectivity index (χ1) is 15.8. The summed E-state index contributed by atoms with van der Waals surface area (Å²) in [6.45, 7) is 8.94. The van der Waals surface area contributed by atoms with Gasteiger partial charge in [-0.2, -0.15) is 0 Å². The molecule has 0 aliphatic rings. The van der Waals surface area contributed by atoms with Crippen LogP contribution in [-0.2, 0) is 26.2 Å². The zero-order chi connectivity index (χ0) is 25.6. The highest BCUT2D eigenvalue weighted by atomic mass is 35.5. The van der Waals surface area contributed by atoms with Crippen molar-refractivity contribution >= 4 is 39.1 Å². The van der Waals surface area contributed by atoms with Gasteiger partial charge in [-0.3, -0.25) is 13.9 Å². The molecule has 0 spiro atoms. The third kappa shape index (κ3) is 7.46. The molecule has 2 amide bonds. The van der Waals surface area contributed by atoms with Crippen LogP contribution in [0.2, 0.25) is 5.02 Å². The van der Waals surface area contributed by atoms with Crippen LogP contribution in [0.3, 0.4) is 0 Å². The molecule has 0 aliphatic heterocycles. The minimum absolute atomic E-state index is 0.0482. The fraction of sp³-hybridized carbons (Fsp3) is 0.440. The number of nitrogens with one attached hydrogen (secondary N) is 1. The first-order valence-corrected chi connectivity index (χ1v) is 13.4. The van der Waals surface area contributed by atoms with Gasteiger partial charge in [0, 0.05) is 17.6 Å². The number of nitrogens with zero attached hydrogens (tertiary/aromatic N) is 2. The summed E-state index contributed by atoms with van der Waals surface area (Å²) in [5.41, 5.74) is 2.90. The molecule has 0 heterocycles. The Morgan fingerprint density at radius 2 is 1.68 bits per heavy atom. The lowest BCUT2D eigenvalue weighted by Gasteiger charge is -2.32. The Kier molecular flexibility index (Phi) is 9.53. The van der Waals surface area contributed by atoms with Gasteiger partial charge in [0.2, 0.25) is 21.8 Å². The van der Waals surface area contributed by atoms with Gasteiger partial charge in [0.1, 0.15) is 12.6 Å². The van der Waals surface area contributed by atoms with E-state index in [0.717, 1.165) is 28.1 Å². The molecular formula is C25H34ClN3O4S. The molecule has 0 bridgehead atoms. The number of amides is 2. The highest BCUT2D eigenvalue weighted by Gasteiger charge is 2.31. The Bertz CT molecular complexity index is 1120. The van der Waals surface area contributed by atoms with Gasteiger partial charge in [-0.1, -0.05) is 54.4 Å². The lowest BCUT2D eigenvalue weighted by Crippen LogP contribution is -2.52. The summed E-state index contributed by atoms with van der Waals surface area (Å²) in [4.78, 5) is 27.9. The molecule has 7 nitrogen and oxygen atoms in total. The standard InChI is InChI=1S/C25H34ClN3O4S/c1-7-19(4)27-25(31)20(5)28(15-21-11-8-17(2)9-12-21)24(30)16-29(34(6,32)33)23-14-22(26)13-10-18(23)3/h8-14,19-20H,7,15-16H2,1-6H3,(H,27,31). The monoisotopic (exact) mass is 507 g/mol. The van der Waals surface area contributed by atoms with E-state index in [1.807, 2.05) is 45.0 Å². The van der Waals surface area contributed by atoms with Crippen LogP contribution in [0.4, 0.5) is 5.69 Å². The fourth-order valence-electron chi connectivity index (χ4n) is 3.38. The molecule has 0 fully saturated rings. The maximum absolute atomic E-state index is 13.5. The van der Waals surface area contributed by atoms with Gasteiger partial charge in [0.15, 0.2) is 0 Å². The van der Waals surface area contributed by atoms with E-state index in [2.05, 4.69) is 5.32 Å². The predicted octanol–water partition coefficient (Wildman–Crippen LogP) is 4.05. The Morgan fingerprint density at radius 3 is 2.24 bits per heavy atom. The Labute approximate surface area is 208 Å². The second-order valence-electron chi connectivity index (χ2n) is 8.70. The number of hydrogen-bond acceptors (Lipinski definition) is 4. The molecule has 2 unspecified atom stereocenters. The molecule has 0 aromatic heterocycles. The summed E-state index contributed by atoms with van der Waals surface area (Å²) in [5.74, 6) is -0.781. The van der Waals surface area contributed by atoms with Crippen molar-refractivity contribution in [3.8, 4) is 0 Å². The summed E-state index contributed by atoms with van der Waals surface area (Å²) in [6.07, 6.45) is 1.80. The van der Waals surface area contributed by atoms with Crippen LogP contribution in [0.15, 0.2) is 42.5 Å². The highest BCUT2D eigenvalue weighted by molar-refractivity contribution is 7.92. The van der Waals surface area contributed by atoms with E-state index in [1.165, 1.54) is 11.0 Å². The van der Waals surface area contributed by atoms with Crippen molar-refractivity contribution in [3.05, 3.63) is 64.2 Å². The van der Waals surface area contributed by atoms with Crippen molar-refractivity contribution < 1.29 is 18.0 Å². The Hall–Kier alpha value is -2.58. The number of sulfonamides is 1. The molecule has 9 heteroatoms. The van der Waals surface area contributed by atoms with E-state index in [9.17, 15) is 18.0 Å². The maximum atomic E-state index is 13.5. The largest absolute Gasteiger partial charge is 0.352 e. The van der Waals surface area contributed by atoms with E-state index in [0.29, 0.717) is 16.3 Å². The molecule has 2 aromatic rings. The third-order valence-electron chi connectivity index (χ3n) is 5.76. The molecule has 0 saturated heterocycles. The van der Waals surface area contributed by atoms with Crippen LogP contribution < -0.4 is 9.62 Å². The topological polar surface area (TPSA) is 86.8 Å². The van der Waals surface area contributed by atoms with Crippen molar-refractivity contribution in [2.75, 3.05) is 17.1 Å². The molecule has 2 atom stereocenters. The SMILES string of the molecule is CCC(C)NC(=O)C(C)N(Cc1ccc(C)cc1)C(=O)CN(c1cc(Cl)ccc1C)S(C)(=O)=O. The quantitative estimate of drug-likeness (QED) is 0.525. The Balaban J connectivity index is 2.42. The highest BCUT2D eigenvalue weighted by Crippen LogP contribution is 2.26. The molecule has 2 rings (SSSR count). The second-order valence-corrected chi connectivity index (χ2v) is 11.0. The van der Waals surface area contributed by atoms with E-state index >= 15 is 0 Å². The third-order valence-corrected chi connectivity index (χ3v) is 7.12. The summed E-state index contributed by atoms with van der Waals surface area (Å²) >= 11 is 6.11. The number of benzene rings is 2. The first-order valence-electron chi connectivity index (χ1n) is 11.2. The molecular weight excluding hydrogens is 474 g/mol. The number of hydrogen-bond donors (Lipinski definition) is 1. The lowest BCUT2D eigenvalue weighted by molar-refractivity contribution is -0.139. The van der Waals surface area contributed by atoms with Gasteiger partial charge >= 0.3 is 0 Å². The van der Waals surface area contributed by atoms with Crippen LogP contribution in [0.1, 0.15) is 43.9 Å². The summed E-state index contributed by atoms with van der Waals surface area (Å²) in [7, 11) is -3.81. The molecule has 0 radical (unpaired) electrons. The number of carbonyl (C=O) groups excluding carboxylic acids is 2. The van der Waals surface area contributed by atoms with Crippen LogP contribution in [0.5, 0.6) is 0 Å². The van der Waals surface area contributed by atoms with Crippen LogP contribution in [-0.4, -0.2) is 50.0 Å². The van der Waals surface area contributed by atoms with Crippen molar-refractivity contribution in [1.29, 1.82) is 0 Å². The van der Waals surface area contributed by atoms with Gasteiger partial charge in [-0.15, -0.1) is 0 Å². The minimum atomic E-state index is -3.81. The number of carbonyl (C=O) groups is 2. The fourth-order valence-corrected chi connectivity index (χ4v) is 4.45. The second kappa shape index (κ2) is 11.7. The number of halogens is 1. The summed E-state index contributed by atoms with van der Waals surface area (Å²) in [6, 6.07) is 11.7. The van der Waals surface area contributed by atoms with Gasteiger partial charge in [0.25, 0.3) is 0 Å².